The zero-order valence-electron chi connectivity index (χ0n) is 19.0. The summed E-state index contributed by atoms with van der Waals surface area (Å²) in [4.78, 5) is 29.3. The maximum absolute atomic E-state index is 13.3. The van der Waals surface area contributed by atoms with Crippen LogP contribution in [0.1, 0.15) is 23.5 Å². The minimum Gasteiger partial charge on any atom is -0.494 e. The van der Waals surface area contributed by atoms with Gasteiger partial charge in [0.2, 0.25) is 0 Å². The number of methoxy groups -OCH3 is 2. The number of thiazole rings is 1. The fourth-order valence-corrected chi connectivity index (χ4v) is 4.87. The van der Waals surface area contributed by atoms with E-state index in [1.807, 2.05) is 13.8 Å². The van der Waals surface area contributed by atoms with Gasteiger partial charge in [-0.15, -0.1) is 0 Å². The van der Waals surface area contributed by atoms with Crippen molar-refractivity contribution in [2.75, 3.05) is 32.8 Å². The van der Waals surface area contributed by atoms with E-state index in [9.17, 15) is 9.59 Å². The van der Waals surface area contributed by atoms with Crippen LogP contribution in [-0.4, -0.2) is 42.7 Å². The van der Waals surface area contributed by atoms with E-state index >= 15 is 0 Å². The number of H-pyrrole nitrogens is 1. The summed E-state index contributed by atoms with van der Waals surface area (Å²) < 4.78 is 23.9. The molecule has 11 heteroatoms. The van der Waals surface area contributed by atoms with Crippen LogP contribution in [0.25, 0.3) is 16.6 Å². The van der Waals surface area contributed by atoms with Gasteiger partial charge >= 0.3 is 0 Å². The monoisotopic (exact) mass is 501 g/mol. The molecule has 0 bridgehead atoms. The van der Waals surface area contributed by atoms with Gasteiger partial charge in [0.05, 0.1) is 44.0 Å². The lowest BCUT2D eigenvalue weighted by molar-refractivity contribution is 0.103. The van der Waals surface area contributed by atoms with Gasteiger partial charge < -0.3 is 29.2 Å². The first-order valence-electron chi connectivity index (χ1n) is 10.5. The molecule has 2 heterocycles. The Morgan fingerprint density at radius 3 is 2.44 bits per heavy atom. The van der Waals surface area contributed by atoms with Gasteiger partial charge in [0.25, 0.3) is 11.5 Å². The Morgan fingerprint density at radius 2 is 1.76 bits per heavy atom. The number of carbonyl (C=O) groups is 1. The van der Waals surface area contributed by atoms with E-state index in [1.54, 1.807) is 34.7 Å². The SMILES string of the molecule is CCOc1ccc(OCC)c(NC(=O)c2sc(=S)n3c2[nH]c(=O)c2cc(OC)c(OC)cc23)c1. The van der Waals surface area contributed by atoms with Gasteiger partial charge in [0.15, 0.2) is 15.5 Å². The molecule has 0 atom stereocenters. The standard InChI is InChI=1S/C23H23N3O6S2/c1-5-31-12-7-8-16(32-6-2)14(9-12)24-22(28)19-20-25-21(27)13-10-17(29-3)18(30-4)11-15(13)26(20)23(33)34-19/h7-11H,5-6H2,1-4H3,(H,24,28)(H,25,27). The number of aromatic nitrogens is 2. The van der Waals surface area contributed by atoms with Crippen LogP contribution >= 0.6 is 23.6 Å². The van der Waals surface area contributed by atoms with Gasteiger partial charge in [-0.3, -0.25) is 14.0 Å². The maximum atomic E-state index is 13.3. The molecule has 0 aliphatic heterocycles. The smallest absolute Gasteiger partial charge is 0.269 e. The molecule has 34 heavy (non-hydrogen) atoms. The molecule has 2 aromatic carbocycles. The van der Waals surface area contributed by atoms with Crippen molar-refractivity contribution in [3.63, 3.8) is 0 Å². The topological polar surface area (TPSA) is 103 Å². The Kier molecular flexibility index (Phi) is 6.75. The summed E-state index contributed by atoms with van der Waals surface area (Å²) in [5.41, 5.74) is 0.858. The summed E-state index contributed by atoms with van der Waals surface area (Å²) in [6.07, 6.45) is 0. The fourth-order valence-electron chi connectivity index (χ4n) is 3.59. The minimum absolute atomic E-state index is 0.253. The minimum atomic E-state index is -0.441. The molecule has 2 aromatic heterocycles. The molecule has 0 aliphatic carbocycles. The van der Waals surface area contributed by atoms with E-state index in [1.165, 1.54) is 14.2 Å². The van der Waals surface area contributed by atoms with Crippen molar-refractivity contribution in [2.45, 2.75) is 13.8 Å². The Bertz CT molecular complexity index is 1500. The number of hydrogen-bond donors (Lipinski definition) is 2. The van der Waals surface area contributed by atoms with Gasteiger partial charge in [-0.25, -0.2) is 0 Å². The van der Waals surface area contributed by atoms with Gasteiger partial charge in [-0.2, -0.15) is 0 Å². The van der Waals surface area contributed by atoms with Crippen molar-refractivity contribution < 1.29 is 23.7 Å². The Hall–Kier alpha value is -3.57. The summed E-state index contributed by atoms with van der Waals surface area (Å²) >= 11 is 6.64. The summed E-state index contributed by atoms with van der Waals surface area (Å²) in [7, 11) is 3.00. The number of nitrogens with one attached hydrogen (secondary N) is 2. The number of benzene rings is 2. The number of ether oxygens (including phenoxy) is 4. The molecule has 0 spiro atoms. The van der Waals surface area contributed by atoms with Gasteiger partial charge in [0.1, 0.15) is 22.0 Å². The highest BCUT2D eigenvalue weighted by atomic mass is 32.1. The van der Waals surface area contributed by atoms with Crippen molar-refractivity contribution >= 4 is 51.7 Å². The highest BCUT2D eigenvalue weighted by Crippen LogP contribution is 2.34. The molecular weight excluding hydrogens is 478 g/mol. The maximum Gasteiger partial charge on any atom is 0.269 e. The molecular formula is C23H23N3O6S2. The number of rotatable bonds is 8. The lowest BCUT2D eigenvalue weighted by Crippen LogP contribution is -2.15. The van der Waals surface area contributed by atoms with Crippen LogP contribution in [0.5, 0.6) is 23.0 Å². The quantitative estimate of drug-likeness (QED) is 0.339. The first-order chi connectivity index (χ1) is 16.4. The van der Waals surface area contributed by atoms with Crippen molar-refractivity contribution in [3.8, 4) is 23.0 Å². The third-order valence-electron chi connectivity index (χ3n) is 5.05. The first-order valence-corrected chi connectivity index (χ1v) is 11.7. The second-order valence-corrected chi connectivity index (χ2v) is 8.68. The molecule has 178 valence electrons. The number of carbonyl (C=O) groups excluding carboxylic acids is 1. The number of aromatic amines is 1. The van der Waals surface area contributed by atoms with Crippen LogP contribution in [0.3, 0.4) is 0 Å². The number of anilines is 1. The van der Waals surface area contributed by atoms with Crippen molar-refractivity contribution in [2.24, 2.45) is 0 Å². The molecule has 4 rings (SSSR count). The highest BCUT2D eigenvalue weighted by Gasteiger charge is 2.21. The second kappa shape index (κ2) is 9.74. The van der Waals surface area contributed by atoms with Crippen LogP contribution in [0.2, 0.25) is 0 Å². The second-order valence-electron chi connectivity index (χ2n) is 7.04. The summed E-state index contributed by atoms with van der Waals surface area (Å²) in [5.74, 6) is 1.51. The fraction of sp³-hybridized carbons (Fsp3) is 0.261. The van der Waals surface area contributed by atoms with E-state index in [2.05, 4.69) is 10.3 Å². The van der Waals surface area contributed by atoms with E-state index in [0.717, 1.165) is 11.3 Å². The summed E-state index contributed by atoms with van der Waals surface area (Å²) in [6.45, 7) is 4.64. The van der Waals surface area contributed by atoms with Crippen molar-refractivity contribution in [3.05, 3.63) is 49.5 Å². The average Bonchev–Trinajstić information content (AvgIpc) is 3.16. The van der Waals surface area contributed by atoms with Gasteiger partial charge in [-0.05, 0) is 44.3 Å². The van der Waals surface area contributed by atoms with Crippen LogP contribution in [0.4, 0.5) is 5.69 Å². The summed E-state index contributed by atoms with van der Waals surface area (Å²) in [5, 5.41) is 3.22. The van der Waals surface area contributed by atoms with Crippen molar-refractivity contribution in [1.29, 1.82) is 0 Å². The normalized spacial score (nSPS) is 10.9. The third-order valence-corrected chi connectivity index (χ3v) is 6.42. The molecule has 2 N–H and O–H groups in total. The van der Waals surface area contributed by atoms with E-state index < -0.39 is 5.91 Å². The number of amides is 1. The molecule has 4 aromatic rings. The Balaban J connectivity index is 1.85. The molecule has 0 fully saturated rings. The van der Waals surface area contributed by atoms with Crippen molar-refractivity contribution in [1.82, 2.24) is 9.38 Å². The largest absolute Gasteiger partial charge is 0.494 e. The van der Waals surface area contributed by atoms with Crippen LogP contribution in [0, 0.1) is 3.95 Å². The molecule has 0 unspecified atom stereocenters. The Labute approximate surface area is 203 Å². The van der Waals surface area contributed by atoms with Crippen LogP contribution in [0.15, 0.2) is 35.1 Å². The highest BCUT2D eigenvalue weighted by molar-refractivity contribution is 7.73. The molecule has 9 nitrogen and oxygen atoms in total. The predicted octanol–water partition coefficient (Wildman–Crippen LogP) is 4.64. The lowest BCUT2D eigenvalue weighted by atomic mass is 10.2. The molecule has 0 radical (unpaired) electrons. The Morgan fingerprint density at radius 1 is 1.06 bits per heavy atom. The van der Waals surface area contributed by atoms with E-state index in [4.69, 9.17) is 31.2 Å². The molecule has 1 amide bonds. The molecule has 0 saturated heterocycles. The number of hydrogen-bond acceptors (Lipinski definition) is 8. The number of nitrogens with zero attached hydrogens (tertiary/aromatic N) is 1. The van der Waals surface area contributed by atoms with Crippen LogP contribution in [-0.2, 0) is 0 Å². The third kappa shape index (κ3) is 4.19. The zero-order valence-corrected chi connectivity index (χ0v) is 20.6. The number of fused-ring (bicyclic) bond motifs is 3. The van der Waals surface area contributed by atoms with Gasteiger partial charge in [0, 0.05) is 12.1 Å². The summed E-state index contributed by atoms with van der Waals surface area (Å²) in [6, 6.07) is 8.45. The van der Waals surface area contributed by atoms with Gasteiger partial charge in [-0.1, -0.05) is 11.3 Å². The van der Waals surface area contributed by atoms with E-state index in [-0.39, 0.29) is 16.1 Å². The molecule has 0 saturated carbocycles. The molecule has 0 aliphatic rings. The van der Waals surface area contributed by atoms with E-state index in [0.29, 0.717) is 56.8 Å². The zero-order chi connectivity index (χ0) is 24.4. The van der Waals surface area contributed by atoms with Crippen LogP contribution < -0.4 is 29.8 Å². The first kappa shape index (κ1) is 23.6. The predicted molar refractivity (Wildman–Crippen MR) is 134 cm³/mol. The lowest BCUT2D eigenvalue weighted by Gasteiger charge is -2.13. The average molecular weight is 502 g/mol.